The summed E-state index contributed by atoms with van der Waals surface area (Å²) in [4.78, 5) is 8.05. The van der Waals surface area contributed by atoms with Crippen LogP contribution >= 0.6 is 27.3 Å². The van der Waals surface area contributed by atoms with Gasteiger partial charge in [0.05, 0.1) is 15.4 Å². The highest BCUT2D eigenvalue weighted by molar-refractivity contribution is 9.10. The molecule has 0 unspecified atom stereocenters. The molecule has 0 fully saturated rings. The molecule has 0 aliphatic rings. The Morgan fingerprint density at radius 1 is 1.45 bits per heavy atom. The zero-order chi connectivity index (χ0) is 7.84. The molecule has 0 aliphatic carbocycles. The van der Waals surface area contributed by atoms with Crippen molar-refractivity contribution in [1.29, 1.82) is 0 Å². The van der Waals surface area contributed by atoms with Gasteiger partial charge in [0.25, 0.3) is 0 Å². The molecule has 0 bridgehead atoms. The quantitative estimate of drug-likeness (QED) is 0.753. The topological polar surface area (TPSA) is 51.8 Å². The van der Waals surface area contributed by atoms with Crippen LogP contribution in [0.3, 0.4) is 0 Å². The van der Waals surface area contributed by atoms with E-state index in [1.807, 2.05) is 0 Å². The first-order valence-corrected chi connectivity index (χ1v) is 4.54. The van der Waals surface area contributed by atoms with Gasteiger partial charge in [0.1, 0.15) is 5.52 Å². The maximum absolute atomic E-state index is 5.52. The van der Waals surface area contributed by atoms with Crippen molar-refractivity contribution in [3.05, 3.63) is 16.9 Å². The summed E-state index contributed by atoms with van der Waals surface area (Å²) in [5, 5.41) is 0.578. The van der Waals surface area contributed by atoms with Crippen LogP contribution in [-0.2, 0) is 0 Å². The average Bonchev–Trinajstić information content (AvgIpc) is 2.31. The fourth-order valence-corrected chi connectivity index (χ4v) is 2.11. The van der Waals surface area contributed by atoms with Gasteiger partial charge < -0.3 is 5.73 Å². The number of nitrogen functional groups attached to an aromatic ring is 1. The fraction of sp³-hybridized carbons (Fsp3) is 0. The van der Waals surface area contributed by atoms with Gasteiger partial charge >= 0.3 is 0 Å². The molecule has 0 spiro atoms. The summed E-state index contributed by atoms with van der Waals surface area (Å²) in [5.74, 6) is 0. The molecule has 11 heavy (non-hydrogen) atoms. The number of anilines is 1. The summed E-state index contributed by atoms with van der Waals surface area (Å²) in [6.45, 7) is 0. The number of hydrogen-bond donors (Lipinski definition) is 1. The van der Waals surface area contributed by atoms with Crippen LogP contribution in [0.4, 0.5) is 5.13 Å². The second-order valence-electron chi connectivity index (χ2n) is 2.02. The molecule has 0 aliphatic heterocycles. The van der Waals surface area contributed by atoms with E-state index >= 15 is 0 Å². The van der Waals surface area contributed by atoms with Crippen molar-refractivity contribution in [1.82, 2.24) is 9.97 Å². The number of fused-ring (bicyclic) bond motifs is 1. The Bertz CT molecular complexity index is 398. The minimum absolute atomic E-state index is 0.578. The maximum atomic E-state index is 5.52. The molecule has 0 radical (unpaired) electrons. The monoisotopic (exact) mass is 229 g/mol. The van der Waals surface area contributed by atoms with Crippen molar-refractivity contribution < 1.29 is 0 Å². The van der Waals surface area contributed by atoms with Gasteiger partial charge in [0, 0.05) is 6.20 Å². The number of rotatable bonds is 0. The van der Waals surface area contributed by atoms with Crippen molar-refractivity contribution >= 4 is 42.6 Å². The number of thiazole rings is 1. The zero-order valence-corrected chi connectivity index (χ0v) is 7.82. The third-order valence-electron chi connectivity index (χ3n) is 1.27. The zero-order valence-electron chi connectivity index (χ0n) is 5.41. The van der Waals surface area contributed by atoms with Crippen molar-refractivity contribution in [3.63, 3.8) is 0 Å². The van der Waals surface area contributed by atoms with Crippen LogP contribution in [0.2, 0.25) is 0 Å². The Morgan fingerprint density at radius 2 is 2.27 bits per heavy atom. The maximum Gasteiger partial charge on any atom is 0.181 e. The Labute approximate surface area is 75.4 Å². The van der Waals surface area contributed by atoms with Gasteiger partial charge in [-0.2, -0.15) is 0 Å². The molecule has 2 aromatic rings. The molecule has 5 heteroatoms. The number of pyridine rings is 1. The SMILES string of the molecule is Nc1nc2cncc(Br)c2s1. The third kappa shape index (κ3) is 1.10. The standard InChI is InChI=1S/C6H4BrN3S/c7-3-1-9-2-4-5(3)11-6(8)10-4/h1-2H,(H2,8,10). The first-order chi connectivity index (χ1) is 5.27. The fourth-order valence-electron chi connectivity index (χ4n) is 0.840. The normalized spacial score (nSPS) is 10.6. The molecule has 0 saturated heterocycles. The molecule has 2 N–H and O–H groups in total. The largest absolute Gasteiger partial charge is 0.375 e. The summed E-state index contributed by atoms with van der Waals surface area (Å²) in [5.41, 5.74) is 6.37. The molecular formula is C6H4BrN3S. The minimum atomic E-state index is 0.578. The van der Waals surface area contributed by atoms with Gasteiger partial charge in [-0.05, 0) is 15.9 Å². The van der Waals surface area contributed by atoms with Crippen LogP contribution < -0.4 is 5.73 Å². The molecular weight excluding hydrogens is 226 g/mol. The Hall–Kier alpha value is -0.680. The number of nitrogens with zero attached hydrogens (tertiary/aromatic N) is 2. The summed E-state index contributed by atoms with van der Waals surface area (Å²) < 4.78 is 2.00. The predicted octanol–water partition coefficient (Wildman–Crippen LogP) is 2.04. The smallest absolute Gasteiger partial charge is 0.181 e. The Morgan fingerprint density at radius 3 is 3.00 bits per heavy atom. The Kier molecular flexibility index (Phi) is 1.54. The lowest BCUT2D eigenvalue weighted by molar-refractivity contribution is 1.33. The molecule has 56 valence electrons. The second kappa shape index (κ2) is 2.42. The highest BCUT2D eigenvalue weighted by atomic mass is 79.9. The number of halogens is 1. The average molecular weight is 230 g/mol. The lowest BCUT2D eigenvalue weighted by Crippen LogP contribution is -1.79. The van der Waals surface area contributed by atoms with E-state index < -0.39 is 0 Å². The van der Waals surface area contributed by atoms with Gasteiger partial charge in [-0.15, -0.1) is 0 Å². The molecule has 0 aromatic carbocycles. The molecule has 0 atom stereocenters. The van der Waals surface area contributed by atoms with E-state index in [-0.39, 0.29) is 0 Å². The summed E-state index contributed by atoms with van der Waals surface area (Å²) in [6.07, 6.45) is 3.44. The van der Waals surface area contributed by atoms with E-state index in [4.69, 9.17) is 5.73 Å². The Balaban J connectivity index is 2.90. The molecule has 2 rings (SSSR count). The van der Waals surface area contributed by atoms with Crippen LogP contribution in [0.5, 0.6) is 0 Å². The number of aromatic nitrogens is 2. The molecule has 2 heterocycles. The lowest BCUT2D eigenvalue weighted by atomic mass is 10.5. The van der Waals surface area contributed by atoms with Gasteiger partial charge in [0.2, 0.25) is 0 Å². The van der Waals surface area contributed by atoms with E-state index in [1.54, 1.807) is 12.4 Å². The van der Waals surface area contributed by atoms with E-state index in [0.717, 1.165) is 14.7 Å². The summed E-state index contributed by atoms with van der Waals surface area (Å²) >= 11 is 4.82. The van der Waals surface area contributed by atoms with Crippen molar-refractivity contribution in [3.8, 4) is 0 Å². The van der Waals surface area contributed by atoms with Gasteiger partial charge in [0.15, 0.2) is 5.13 Å². The van der Waals surface area contributed by atoms with E-state index in [2.05, 4.69) is 25.9 Å². The summed E-state index contributed by atoms with van der Waals surface area (Å²) in [6, 6.07) is 0. The number of nitrogens with two attached hydrogens (primary N) is 1. The number of hydrogen-bond acceptors (Lipinski definition) is 4. The van der Waals surface area contributed by atoms with Gasteiger partial charge in [-0.3, -0.25) is 4.98 Å². The van der Waals surface area contributed by atoms with Crippen LogP contribution in [-0.4, -0.2) is 9.97 Å². The van der Waals surface area contributed by atoms with Crippen LogP contribution in [0.1, 0.15) is 0 Å². The predicted molar refractivity (Wildman–Crippen MR) is 49.5 cm³/mol. The van der Waals surface area contributed by atoms with Gasteiger partial charge in [-0.25, -0.2) is 4.98 Å². The van der Waals surface area contributed by atoms with Crippen molar-refractivity contribution in [2.45, 2.75) is 0 Å². The molecule has 0 saturated carbocycles. The highest BCUT2D eigenvalue weighted by Gasteiger charge is 2.03. The molecule has 2 aromatic heterocycles. The lowest BCUT2D eigenvalue weighted by Gasteiger charge is -1.87. The third-order valence-corrected chi connectivity index (χ3v) is 3.07. The van der Waals surface area contributed by atoms with Crippen LogP contribution in [0.15, 0.2) is 16.9 Å². The van der Waals surface area contributed by atoms with Crippen molar-refractivity contribution in [2.24, 2.45) is 0 Å². The first kappa shape index (κ1) is 7.00. The molecule has 3 nitrogen and oxygen atoms in total. The van der Waals surface area contributed by atoms with Gasteiger partial charge in [-0.1, -0.05) is 11.3 Å². The second-order valence-corrected chi connectivity index (χ2v) is 3.91. The minimum Gasteiger partial charge on any atom is -0.375 e. The van der Waals surface area contributed by atoms with E-state index in [0.29, 0.717) is 5.13 Å². The van der Waals surface area contributed by atoms with Crippen molar-refractivity contribution in [2.75, 3.05) is 5.73 Å². The summed E-state index contributed by atoms with van der Waals surface area (Å²) in [7, 11) is 0. The van der Waals surface area contributed by atoms with Crippen LogP contribution in [0, 0.1) is 0 Å². The van der Waals surface area contributed by atoms with E-state index in [9.17, 15) is 0 Å². The highest BCUT2D eigenvalue weighted by Crippen LogP contribution is 2.29. The molecule has 0 amide bonds. The van der Waals surface area contributed by atoms with E-state index in [1.165, 1.54) is 11.3 Å². The van der Waals surface area contributed by atoms with Crippen LogP contribution in [0.25, 0.3) is 10.2 Å². The first-order valence-electron chi connectivity index (χ1n) is 2.93.